The van der Waals surface area contributed by atoms with Gasteiger partial charge in [0.1, 0.15) is 0 Å². The summed E-state index contributed by atoms with van der Waals surface area (Å²) in [5, 5.41) is 3.53. The molecule has 0 aliphatic heterocycles. The monoisotopic (exact) mass is 303 g/mol. The van der Waals surface area contributed by atoms with Crippen LogP contribution in [0.3, 0.4) is 0 Å². The summed E-state index contributed by atoms with van der Waals surface area (Å²) in [6, 6.07) is 18.0. The van der Waals surface area contributed by atoms with Crippen molar-refractivity contribution >= 4 is 27.5 Å². The van der Waals surface area contributed by atoms with Crippen LogP contribution in [0.5, 0.6) is 0 Å². The Morgan fingerprint density at radius 3 is 2.17 bits per heavy atom. The molecule has 2 aromatic rings. The van der Waals surface area contributed by atoms with Gasteiger partial charge >= 0.3 is 0 Å². The highest BCUT2D eigenvalue weighted by Crippen LogP contribution is 2.20. The zero-order chi connectivity index (χ0) is 12.8. The second-order valence-electron chi connectivity index (χ2n) is 3.93. The van der Waals surface area contributed by atoms with E-state index in [1.807, 2.05) is 42.5 Å². The SMILES string of the molecule is O=C(CCBr)Nc1ccc(-c2ccccc2)cc1. The van der Waals surface area contributed by atoms with Crippen LogP contribution in [0.1, 0.15) is 6.42 Å². The Bertz CT molecular complexity index is 508. The standard InChI is InChI=1S/C15H14BrNO/c16-11-10-15(18)17-14-8-6-13(7-9-14)12-4-2-1-3-5-12/h1-9H,10-11H2,(H,17,18). The number of nitrogens with one attached hydrogen (secondary N) is 1. The molecular formula is C15H14BrNO. The third kappa shape index (κ3) is 3.44. The van der Waals surface area contributed by atoms with Crippen molar-refractivity contribution in [1.82, 2.24) is 0 Å². The van der Waals surface area contributed by atoms with Gasteiger partial charge in [-0.3, -0.25) is 4.79 Å². The van der Waals surface area contributed by atoms with Crippen molar-refractivity contribution < 1.29 is 4.79 Å². The molecule has 0 aliphatic rings. The number of carbonyl (C=O) groups is 1. The Kier molecular flexibility index (Phi) is 4.53. The molecule has 3 heteroatoms. The van der Waals surface area contributed by atoms with Gasteiger partial charge in [-0.2, -0.15) is 0 Å². The van der Waals surface area contributed by atoms with Crippen LogP contribution in [-0.2, 0) is 4.79 Å². The minimum atomic E-state index is 0.0272. The summed E-state index contributed by atoms with van der Waals surface area (Å²) in [6.07, 6.45) is 0.487. The lowest BCUT2D eigenvalue weighted by atomic mass is 10.1. The Balaban J connectivity index is 2.09. The Morgan fingerprint density at radius 2 is 1.56 bits per heavy atom. The van der Waals surface area contributed by atoms with E-state index in [0.29, 0.717) is 11.8 Å². The van der Waals surface area contributed by atoms with Crippen molar-refractivity contribution in [3.63, 3.8) is 0 Å². The van der Waals surface area contributed by atoms with E-state index in [0.717, 1.165) is 11.3 Å². The van der Waals surface area contributed by atoms with E-state index < -0.39 is 0 Å². The van der Waals surface area contributed by atoms with Crippen molar-refractivity contribution in [1.29, 1.82) is 0 Å². The third-order valence-corrected chi connectivity index (χ3v) is 2.99. The van der Waals surface area contributed by atoms with Crippen LogP contribution in [0.2, 0.25) is 0 Å². The molecule has 1 N–H and O–H groups in total. The van der Waals surface area contributed by atoms with Gasteiger partial charge in [-0.15, -0.1) is 0 Å². The number of carbonyl (C=O) groups excluding carboxylic acids is 1. The molecule has 0 aliphatic carbocycles. The summed E-state index contributed by atoms with van der Waals surface area (Å²) in [6.45, 7) is 0. The normalized spacial score (nSPS) is 10.1. The maximum atomic E-state index is 11.4. The summed E-state index contributed by atoms with van der Waals surface area (Å²) in [7, 11) is 0. The number of anilines is 1. The first-order valence-corrected chi connectivity index (χ1v) is 6.93. The lowest BCUT2D eigenvalue weighted by Gasteiger charge is -2.06. The fraction of sp³-hybridized carbons (Fsp3) is 0.133. The van der Waals surface area contributed by atoms with Crippen molar-refractivity contribution in [2.75, 3.05) is 10.6 Å². The molecule has 0 atom stereocenters. The summed E-state index contributed by atoms with van der Waals surface area (Å²) in [5.74, 6) is 0.0272. The number of rotatable bonds is 4. The van der Waals surface area contributed by atoms with Gasteiger partial charge in [-0.05, 0) is 23.3 Å². The first-order valence-electron chi connectivity index (χ1n) is 5.81. The predicted molar refractivity (Wildman–Crippen MR) is 78.9 cm³/mol. The lowest BCUT2D eigenvalue weighted by Crippen LogP contribution is -2.11. The maximum Gasteiger partial charge on any atom is 0.225 e. The number of benzene rings is 2. The molecule has 0 spiro atoms. The number of alkyl halides is 1. The summed E-state index contributed by atoms with van der Waals surface area (Å²) < 4.78 is 0. The van der Waals surface area contributed by atoms with Crippen LogP contribution in [0.15, 0.2) is 54.6 Å². The zero-order valence-corrected chi connectivity index (χ0v) is 11.5. The molecule has 92 valence electrons. The summed E-state index contributed by atoms with van der Waals surface area (Å²) >= 11 is 3.24. The number of hydrogen-bond acceptors (Lipinski definition) is 1. The van der Waals surface area contributed by atoms with Gasteiger partial charge in [0, 0.05) is 17.4 Å². The molecule has 2 rings (SSSR count). The fourth-order valence-electron chi connectivity index (χ4n) is 1.69. The molecule has 0 aromatic heterocycles. The zero-order valence-electron chi connectivity index (χ0n) is 9.90. The van der Waals surface area contributed by atoms with Gasteiger partial charge in [0.25, 0.3) is 0 Å². The van der Waals surface area contributed by atoms with Crippen LogP contribution in [0.4, 0.5) is 5.69 Å². The summed E-state index contributed by atoms with van der Waals surface area (Å²) in [5.41, 5.74) is 3.16. The molecule has 2 aromatic carbocycles. The van der Waals surface area contributed by atoms with Crippen LogP contribution in [0.25, 0.3) is 11.1 Å². The van der Waals surface area contributed by atoms with E-state index in [9.17, 15) is 4.79 Å². The molecule has 0 saturated heterocycles. The molecule has 18 heavy (non-hydrogen) atoms. The van der Waals surface area contributed by atoms with Crippen molar-refractivity contribution in [3.05, 3.63) is 54.6 Å². The van der Waals surface area contributed by atoms with E-state index in [2.05, 4.69) is 33.4 Å². The van der Waals surface area contributed by atoms with Gasteiger partial charge < -0.3 is 5.32 Å². The van der Waals surface area contributed by atoms with Crippen LogP contribution in [0, 0.1) is 0 Å². The van der Waals surface area contributed by atoms with E-state index in [4.69, 9.17) is 0 Å². The topological polar surface area (TPSA) is 29.1 Å². The molecule has 0 bridgehead atoms. The Labute approximate surface area is 115 Å². The van der Waals surface area contributed by atoms with Gasteiger partial charge in [0.2, 0.25) is 5.91 Å². The fourth-order valence-corrected chi connectivity index (χ4v) is 2.05. The van der Waals surface area contributed by atoms with Crippen LogP contribution < -0.4 is 5.32 Å². The van der Waals surface area contributed by atoms with E-state index in [1.54, 1.807) is 0 Å². The number of amides is 1. The van der Waals surface area contributed by atoms with Gasteiger partial charge in [0.15, 0.2) is 0 Å². The van der Waals surface area contributed by atoms with E-state index in [-0.39, 0.29) is 5.91 Å². The van der Waals surface area contributed by atoms with E-state index in [1.165, 1.54) is 5.56 Å². The predicted octanol–water partition coefficient (Wildman–Crippen LogP) is 4.08. The second kappa shape index (κ2) is 6.36. The smallest absolute Gasteiger partial charge is 0.225 e. The molecule has 0 fully saturated rings. The third-order valence-electron chi connectivity index (χ3n) is 2.60. The lowest BCUT2D eigenvalue weighted by molar-refractivity contribution is -0.115. The molecular weight excluding hydrogens is 290 g/mol. The molecule has 0 unspecified atom stereocenters. The largest absolute Gasteiger partial charge is 0.326 e. The van der Waals surface area contributed by atoms with Crippen molar-refractivity contribution in [3.8, 4) is 11.1 Å². The first kappa shape index (κ1) is 12.8. The van der Waals surface area contributed by atoms with Crippen LogP contribution in [-0.4, -0.2) is 11.2 Å². The minimum absolute atomic E-state index is 0.0272. The van der Waals surface area contributed by atoms with Gasteiger partial charge in [0.05, 0.1) is 0 Å². The molecule has 2 nitrogen and oxygen atoms in total. The summed E-state index contributed by atoms with van der Waals surface area (Å²) in [4.78, 5) is 11.4. The highest BCUT2D eigenvalue weighted by atomic mass is 79.9. The maximum absolute atomic E-state index is 11.4. The van der Waals surface area contributed by atoms with Crippen LogP contribution >= 0.6 is 15.9 Å². The molecule has 1 amide bonds. The molecule has 0 heterocycles. The van der Waals surface area contributed by atoms with E-state index >= 15 is 0 Å². The van der Waals surface area contributed by atoms with Gasteiger partial charge in [-0.1, -0.05) is 58.4 Å². The highest BCUT2D eigenvalue weighted by molar-refractivity contribution is 9.09. The average molecular weight is 304 g/mol. The van der Waals surface area contributed by atoms with Crippen molar-refractivity contribution in [2.24, 2.45) is 0 Å². The second-order valence-corrected chi connectivity index (χ2v) is 4.72. The quantitative estimate of drug-likeness (QED) is 0.847. The Hall–Kier alpha value is -1.61. The minimum Gasteiger partial charge on any atom is -0.326 e. The Morgan fingerprint density at radius 1 is 0.944 bits per heavy atom. The molecule has 0 radical (unpaired) electrons. The highest BCUT2D eigenvalue weighted by Gasteiger charge is 2.01. The van der Waals surface area contributed by atoms with Gasteiger partial charge in [-0.25, -0.2) is 0 Å². The number of halogens is 1. The van der Waals surface area contributed by atoms with Crippen molar-refractivity contribution in [2.45, 2.75) is 6.42 Å². The molecule has 0 saturated carbocycles. The number of hydrogen-bond donors (Lipinski definition) is 1. The average Bonchev–Trinajstić information content (AvgIpc) is 2.41. The first-order chi connectivity index (χ1) is 8.79.